The number of nitrogens with zero attached hydrogens (tertiary/aromatic N) is 2. The zero-order valence-corrected chi connectivity index (χ0v) is 25.5. The fraction of sp³-hybridized carbons (Fsp3) is 0.355. The standard InChI is InChI=1S/C31H36N4O8S/c1-20-16-35(21(2)18-36)30(37)14-22-13-23(32-31(38)33-24-10-12-27-28(15-24)42-19-41-27)9-11-26(22)43-29(20)17-34(3)44(39,40)25-7-5-4-6-8-25/h4-13,15,20-21,29,36H,14,16-19H2,1-3H3,(H2,32,33,38)/t20-,21-,29-/m1/s1. The summed E-state index contributed by atoms with van der Waals surface area (Å²) in [4.78, 5) is 28.1. The lowest BCUT2D eigenvalue weighted by molar-refractivity contribution is -0.134. The molecule has 0 spiro atoms. The normalized spacial score (nSPS) is 18.8. The van der Waals surface area contributed by atoms with E-state index in [0.717, 1.165) is 0 Å². The molecule has 234 valence electrons. The molecule has 0 aromatic heterocycles. The van der Waals surface area contributed by atoms with Crippen molar-refractivity contribution < 1.29 is 37.3 Å². The second-order valence-corrected chi connectivity index (χ2v) is 13.0. The minimum atomic E-state index is -3.80. The Morgan fingerprint density at radius 2 is 1.68 bits per heavy atom. The van der Waals surface area contributed by atoms with Gasteiger partial charge in [0, 0.05) is 42.5 Å². The largest absolute Gasteiger partial charge is 0.488 e. The van der Waals surface area contributed by atoms with E-state index >= 15 is 0 Å². The Morgan fingerprint density at radius 1 is 1.02 bits per heavy atom. The van der Waals surface area contributed by atoms with Crippen LogP contribution in [0.15, 0.2) is 71.6 Å². The average Bonchev–Trinajstić information content (AvgIpc) is 3.49. The van der Waals surface area contributed by atoms with Crippen molar-refractivity contribution in [2.24, 2.45) is 5.92 Å². The molecule has 0 bridgehead atoms. The second-order valence-electron chi connectivity index (χ2n) is 11.0. The van der Waals surface area contributed by atoms with Crippen molar-refractivity contribution in [1.29, 1.82) is 0 Å². The van der Waals surface area contributed by atoms with E-state index in [2.05, 4.69) is 10.6 Å². The number of carbonyl (C=O) groups excluding carboxylic acids is 2. The molecule has 2 aliphatic heterocycles. The Labute approximate surface area is 256 Å². The highest BCUT2D eigenvalue weighted by Gasteiger charge is 2.33. The van der Waals surface area contributed by atoms with Gasteiger partial charge in [-0.2, -0.15) is 4.31 Å². The van der Waals surface area contributed by atoms with Crippen LogP contribution in [0.5, 0.6) is 17.2 Å². The average molecular weight is 625 g/mol. The third-order valence-electron chi connectivity index (χ3n) is 7.69. The van der Waals surface area contributed by atoms with Gasteiger partial charge in [-0.3, -0.25) is 4.79 Å². The summed E-state index contributed by atoms with van der Waals surface area (Å²) in [5, 5.41) is 15.4. The highest BCUT2D eigenvalue weighted by molar-refractivity contribution is 7.89. The first-order chi connectivity index (χ1) is 21.0. The van der Waals surface area contributed by atoms with Crippen molar-refractivity contribution in [2.75, 3.05) is 44.2 Å². The minimum absolute atomic E-state index is 0.0192. The fourth-order valence-corrected chi connectivity index (χ4v) is 6.32. The zero-order chi connectivity index (χ0) is 31.4. The van der Waals surface area contributed by atoms with Crippen LogP contribution >= 0.6 is 0 Å². The molecule has 3 atom stereocenters. The van der Waals surface area contributed by atoms with E-state index in [1.165, 1.54) is 23.5 Å². The van der Waals surface area contributed by atoms with Crippen LogP contribution in [0.25, 0.3) is 0 Å². The maximum Gasteiger partial charge on any atom is 0.323 e. The van der Waals surface area contributed by atoms with Crippen LogP contribution < -0.4 is 24.8 Å². The molecule has 13 heteroatoms. The third-order valence-corrected chi connectivity index (χ3v) is 9.53. The molecule has 0 saturated carbocycles. The highest BCUT2D eigenvalue weighted by Crippen LogP contribution is 2.34. The quantitative estimate of drug-likeness (QED) is 0.345. The summed E-state index contributed by atoms with van der Waals surface area (Å²) < 4.78 is 45.0. The van der Waals surface area contributed by atoms with Crippen LogP contribution in [0.2, 0.25) is 0 Å². The number of likely N-dealkylation sites (N-methyl/N-ethyl adjacent to an activating group) is 1. The van der Waals surface area contributed by atoms with Gasteiger partial charge >= 0.3 is 6.03 Å². The summed E-state index contributed by atoms with van der Waals surface area (Å²) >= 11 is 0. The lowest BCUT2D eigenvalue weighted by atomic mass is 10.0. The van der Waals surface area contributed by atoms with Gasteiger partial charge < -0.3 is 34.9 Å². The first-order valence-electron chi connectivity index (χ1n) is 14.2. The molecule has 44 heavy (non-hydrogen) atoms. The Morgan fingerprint density at radius 3 is 2.39 bits per heavy atom. The lowest BCUT2D eigenvalue weighted by Crippen LogP contribution is -2.48. The van der Waals surface area contributed by atoms with Gasteiger partial charge in [0.1, 0.15) is 11.9 Å². The van der Waals surface area contributed by atoms with Crippen LogP contribution in [0.1, 0.15) is 19.4 Å². The number of amides is 3. The maximum atomic E-state index is 13.5. The molecule has 3 aromatic rings. The monoisotopic (exact) mass is 624 g/mol. The number of ether oxygens (including phenoxy) is 3. The van der Waals surface area contributed by atoms with E-state index in [1.54, 1.807) is 66.4 Å². The number of hydrogen-bond acceptors (Lipinski definition) is 8. The first kappa shape index (κ1) is 31.1. The number of urea groups is 1. The number of nitrogens with one attached hydrogen (secondary N) is 2. The topological polar surface area (TPSA) is 147 Å². The van der Waals surface area contributed by atoms with Crippen molar-refractivity contribution in [3.63, 3.8) is 0 Å². The number of aliphatic hydroxyl groups is 1. The molecule has 0 aliphatic carbocycles. The molecule has 3 aromatic carbocycles. The number of sulfonamides is 1. The molecule has 0 unspecified atom stereocenters. The SMILES string of the molecule is C[C@@H]1CN([C@H](C)CO)C(=O)Cc2cc(NC(=O)Nc3ccc4c(c3)OCO4)ccc2O[C@@H]1CN(C)S(=O)(=O)c1ccccc1. The Kier molecular flexibility index (Phi) is 9.28. The van der Waals surface area contributed by atoms with E-state index in [0.29, 0.717) is 34.2 Å². The molecule has 2 heterocycles. The number of fused-ring (bicyclic) bond motifs is 2. The van der Waals surface area contributed by atoms with E-state index in [1.807, 2.05) is 6.92 Å². The number of aliphatic hydroxyl groups excluding tert-OH is 1. The number of carbonyl (C=O) groups is 2. The fourth-order valence-electron chi connectivity index (χ4n) is 5.12. The Bertz CT molecular complexity index is 1620. The Hall–Kier alpha value is -4.33. The number of anilines is 2. The van der Waals surface area contributed by atoms with Crippen LogP contribution in [0.4, 0.5) is 16.2 Å². The van der Waals surface area contributed by atoms with Crippen molar-refractivity contribution in [2.45, 2.75) is 37.3 Å². The third kappa shape index (κ3) is 6.90. The van der Waals surface area contributed by atoms with Crippen molar-refractivity contribution in [1.82, 2.24) is 9.21 Å². The van der Waals surface area contributed by atoms with E-state index in [-0.39, 0.29) is 49.6 Å². The van der Waals surface area contributed by atoms with E-state index < -0.39 is 28.2 Å². The van der Waals surface area contributed by atoms with Gasteiger partial charge in [0.2, 0.25) is 22.7 Å². The van der Waals surface area contributed by atoms with Gasteiger partial charge in [-0.05, 0) is 49.4 Å². The molecule has 5 rings (SSSR count). The smallest absolute Gasteiger partial charge is 0.323 e. The molecular weight excluding hydrogens is 588 g/mol. The van der Waals surface area contributed by atoms with E-state index in [9.17, 15) is 23.1 Å². The zero-order valence-electron chi connectivity index (χ0n) is 24.7. The lowest BCUT2D eigenvalue weighted by Gasteiger charge is -2.33. The van der Waals surface area contributed by atoms with Crippen LogP contribution in [-0.4, -0.2) is 80.4 Å². The molecule has 3 N–H and O–H groups in total. The summed E-state index contributed by atoms with van der Waals surface area (Å²) in [6.45, 7) is 3.80. The van der Waals surface area contributed by atoms with Crippen LogP contribution in [0.3, 0.4) is 0 Å². The van der Waals surface area contributed by atoms with Gasteiger partial charge in [-0.25, -0.2) is 13.2 Å². The summed E-state index contributed by atoms with van der Waals surface area (Å²) in [5.74, 6) is 1.01. The number of hydrogen-bond donors (Lipinski definition) is 3. The molecule has 2 aliphatic rings. The predicted octanol–water partition coefficient (Wildman–Crippen LogP) is 3.53. The van der Waals surface area contributed by atoms with Crippen molar-refractivity contribution in [3.05, 3.63) is 72.3 Å². The van der Waals surface area contributed by atoms with Gasteiger partial charge in [-0.15, -0.1) is 0 Å². The first-order valence-corrected chi connectivity index (χ1v) is 15.7. The molecule has 3 amide bonds. The summed E-state index contributed by atoms with van der Waals surface area (Å²) in [6.07, 6.45) is -0.680. The molecule has 0 saturated heterocycles. The molecule has 0 radical (unpaired) electrons. The molecular formula is C31H36N4O8S. The van der Waals surface area contributed by atoms with Gasteiger partial charge in [0.05, 0.1) is 30.5 Å². The van der Waals surface area contributed by atoms with Gasteiger partial charge in [0.15, 0.2) is 11.5 Å². The van der Waals surface area contributed by atoms with Crippen LogP contribution in [-0.2, 0) is 21.2 Å². The number of rotatable bonds is 8. The van der Waals surface area contributed by atoms with Crippen molar-refractivity contribution in [3.8, 4) is 17.2 Å². The molecule has 12 nitrogen and oxygen atoms in total. The van der Waals surface area contributed by atoms with E-state index in [4.69, 9.17) is 14.2 Å². The summed E-state index contributed by atoms with van der Waals surface area (Å²) in [6, 6.07) is 17.2. The highest BCUT2D eigenvalue weighted by atomic mass is 32.2. The van der Waals surface area contributed by atoms with Gasteiger partial charge in [-0.1, -0.05) is 25.1 Å². The van der Waals surface area contributed by atoms with Gasteiger partial charge in [0.25, 0.3) is 0 Å². The number of benzene rings is 3. The molecule has 0 fully saturated rings. The second kappa shape index (κ2) is 13.1. The van der Waals surface area contributed by atoms with Crippen LogP contribution in [0, 0.1) is 5.92 Å². The summed E-state index contributed by atoms with van der Waals surface area (Å²) in [5.41, 5.74) is 1.44. The predicted molar refractivity (Wildman–Crippen MR) is 163 cm³/mol. The van der Waals surface area contributed by atoms with Crippen molar-refractivity contribution >= 4 is 33.3 Å². The minimum Gasteiger partial charge on any atom is -0.488 e. The maximum absolute atomic E-state index is 13.5. The summed E-state index contributed by atoms with van der Waals surface area (Å²) in [7, 11) is -2.30. The Balaban J connectivity index is 1.39.